The van der Waals surface area contributed by atoms with Gasteiger partial charge in [-0.1, -0.05) is 18.2 Å². The smallest absolute Gasteiger partial charge is 0.164 e. The molecule has 32 heavy (non-hydrogen) atoms. The van der Waals surface area contributed by atoms with Crippen molar-refractivity contribution in [1.29, 1.82) is 0 Å². The van der Waals surface area contributed by atoms with Gasteiger partial charge in [-0.3, -0.25) is 0 Å². The number of nitrogens with two attached hydrogens (primary N) is 1. The number of nitrogens with zero attached hydrogens (tertiary/aromatic N) is 6. The van der Waals surface area contributed by atoms with Gasteiger partial charge in [0.15, 0.2) is 11.5 Å². The minimum atomic E-state index is 0.412. The molecule has 0 amide bonds. The van der Waals surface area contributed by atoms with Gasteiger partial charge in [0, 0.05) is 51.5 Å². The van der Waals surface area contributed by atoms with Crippen LogP contribution in [0.15, 0.2) is 30.5 Å². The number of ether oxygens (including phenoxy) is 1. The molecule has 1 aliphatic carbocycles. The molecule has 0 spiro atoms. The predicted molar refractivity (Wildman–Crippen MR) is 127 cm³/mol. The Kier molecular flexibility index (Phi) is 6.08. The summed E-state index contributed by atoms with van der Waals surface area (Å²) in [5.74, 6) is 1.73. The summed E-state index contributed by atoms with van der Waals surface area (Å²) >= 11 is 0. The first-order chi connectivity index (χ1) is 15.6. The van der Waals surface area contributed by atoms with Gasteiger partial charge < -0.3 is 20.3 Å². The van der Waals surface area contributed by atoms with Crippen LogP contribution in [0.3, 0.4) is 0 Å². The van der Waals surface area contributed by atoms with Crippen LogP contribution in [0.2, 0.25) is 0 Å². The van der Waals surface area contributed by atoms with Crippen molar-refractivity contribution in [2.24, 2.45) is 5.73 Å². The maximum Gasteiger partial charge on any atom is 0.164 e. The highest BCUT2D eigenvalue weighted by atomic mass is 16.5. The van der Waals surface area contributed by atoms with E-state index in [9.17, 15) is 0 Å². The van der Waals surface area contributed by atoms with Gasteiger partial charge in [-0.2, -0.15) is 5.10 Å². The standard InChI is InChI=1S/C24H33N7O/c1-29(11-10-25)16-17-4-3-5-18(14-17)22-27-23(30(2)19-8-12-32-13-9-19)21-15-26-31(20-6-7-20)24(21)28-22/h3-5,14-15,19-20H,6-13,16,25H2,1-2H3. The Labute approximate surface area is 189 Å². The molecule has 1 aromatic carbocycles. The van der Waals surface area contributed by atoms with Gasteiger partial charge in [0.05, 0.1) is 17.6 Å². The van der Waals surface area contributed by atoms with E-state index in [1.54, 1.807) is 0 Å². The predicted octanol–water partition coefficient (Wildman–Crippen LogP) is 2.83. The van der Waals surface area contributed by atoms with Gasteiger partial charge in [-0.15, -0.1) is 0 Å². The molecule has 2 N–H and O–H groups in total. The first kappa shape index (κ1) is 21.3. The van der Waals surface area contributed by atoms with E-state index in [0.717, 1.165) is 67.4 Å². The monoisotopic (exact) mass is 435 g/mol. The largest absolute Gasteiger partial charge is 0.381 e. The number of anilines is 1. The van der Waals surface area contributed by atoms with E-state index in [2.05, 4.69) is 52.8 Å². The third kappa shape index (κ3) is 4.35. The van der Waals surface area contributed by atoms with Crippen LogP contribution >= 0.6 is 0 Å². The van der Waals surface area contributed by atoms with Crippen LogP contribution in [-0.2, 0) is 11.3 Å². The summed E-state index contributed by atoms with van der Waals surface area (Å²) in [6.45, 7) is 3.98. The Hall–Kier alpha value is -2.55. The fraction of sp³-hybridized carbons (Fsp3) is 0.542. The molecule has 1 saturated carbocycles. The molecule has 1 saturated heterocycles. The van der Waals surface area contributed by atoms with Crippen molar-refractivity contribution in [1.82, 2.24) is 24.6 Å². The highest BCUT2D eigenvalue weighted by Crippen LogP contribution is 2.38. The zero-order valence-electron chi connectivity index (χ0n) is 19.1. The van der Waals surface area contributed by atoms with Crippen LogP contribution in [0.4, 0.5) is 5.82 Å². The average molecular weight is 436 g/mol. The Morgan fingerprint density at radius 3 is 2.69 bits per heavy atom. The van der Waals surface area contributed by atoms with Gasteiger partial charge in [-0.05, 0) is 44.4 Å². The SMILES string of the molecule is CN(CCN)Cc1cccc(-c2nc(N(C)C3CCOCC3)c3cnn(C4CC4)c3n2)c1. The number of hydrogen-bond donors (Lipinski definition) is 1. The summed E-state index contributed by atoms with van der Waals surface area (Å²) in [4.78, 5) is 14.6. The lowest BCUT2D eigenvalue weighted by Gasteiger charge is -2.32. The molecule has 0 radical (unpaired) electrons. The minimum Gasteiger partial charge on any atom is -0.381 e. The lowest BCUT2D eigenvalue weighted by atomic mass is 10.1. The average Bonchev–Trinajstić information content (AvgIpc) is 3.57. The van der Waals surface area contributed by atoms with Gasteiger partial charge in [0.2, 0.25) is 0 Å². The van der Waals surface area contributed by atoms with Gasteiger partial charge >= 0.3 is 0 Å². The van der Waals surface area contributed by atoms with E-state index in [0.29, 0.717) is 18.6 Å². The number of rotatable bonds is 8. The first-order valence-electron chi connectivity index (χ1n) is 11.7. The summed E-state index contributed by atoms with van der Waals surface area (Å²) in [5.41, 5.74) is 8.93. The van der Waals surface area contributed by atoms with Crippen LogP contribution in [0, 0.1) is 0 Å². The third-order valence-corrected chi connectivity index (χ3v) is 6.55. The molecule has 2 aliphatic rings. The molecular formula is C24H33N7O. The van der Waals surface area contributed by atoms with Crippen LogP contribution in [0.1, 0.15) is 37.3 Å². The topological polar surface area (TPSA) is 85.3 Å². The molecule has 8 nitrogen and oxygen atoms in total. The highest BCUT2D eigenvalue weighted by molar-refractivity contribution is 5.89. The Bertz CT molecular complexity index is 1070. The number of aromatic nitrogens is 4. The van der Waals surface area contributed by atoms with E-state index < -0.39 is 0 Å². The van der Waals surface area contributed by atoms with Gasteiger partial charge in [-0.25, -0.2) is 14.6 Å². The molecule has 170 valence electrons. The van der Waals surface area contributed by atoms with Crippen molar-refractivity contribution in [3.05, 3.63) is 36.0 Å². The summed E-state index contributed by atoms with van der Waals surface area (Å²) in [7, 11) is 4.24. The third-order valence-electron chi connectivity index (χ3n) is 6.55. The van der Waals surface area contributed by atoms with E-state index in [1.807, 2.05) is 6.20 Å². The second kappa shape index (κ2) is 9.13. The molecule has 3 aromatic rings. The van der Waals surface area contributed by atoms with Crippen molar-refractivity contribution in [3.8, 4) is 11.4 Å². The Morgan fingerprint density at radius 1 is 1.12 bits per heavy atom. The quantitative estimate of drug-likeness (QED) is 0.582. The molecule has 0 unspecified atom stereocenters. The lowest BCUT2D eigenvalue weighted by molar-refractivity contribution is 0.0854. The van der Waals surface area contributed by atoms with Gasteiger partial charge in [0.1, 0.15) is 5.82 Å². The molecular weight excluding hydrogens is 402 g/mol. The van der Waals surface area contributed by atoms with Crippen LogP contribution in [0.5, 0.6) is 0 Å². The van der Waals surface area contributed by atoms with E-state index in [4.69, 9.17) is 25.5 Å². The van der Waals surface area contributed by atoms with Crippen LogP contribution in [0.25, 0.3) is 22.4 Å². The molecule has 0 atom stereocenters. The zero-order chi connectivity index (χ0) is 22.1. The summed E-state index contributed by atoms with van der Waals surface area (Å²) in [6, 6.07) is 9.42. The summed E-state index contributed by atoms with van der Waals surface area (Å²) < 4.78 is 7.68. The van der Waals surface area contributed by atoms with E-state index in [-0.39, 0.29) is 0 Å². The molecule has 1 aliphatic heterocycles. The molecule has 2 aromatic heterocycles. The Balaban J connectivity index is 1.55. The fourth-order valence-corrected chi connectivity index (χ4v) is 4.56. The zero-order valence-corrected chi connectivity index (χ0v) is 19.1. The molecule has 3 heterocycles. The Morgan fingerprint density at radius 2 is 1.94 bits per heavy atom. The number of likely N-dealkylation sites (N-methyl/N-ethyl adjacent to an activating group) is 1. The van der Waals surface area contributed by atoms with Gasteiger partial charge in [0.25, 0.3) is 0 Å². The van der Waals surface area contributed by atoms with Crippen molar-refractivity contribution in [3.63, 3.8) is 0 Å². The number of fused-ring (bicyclic) bond motifs is 1. The minimum absolute atomic E-state index is 0.412. The van der Waals surface area contributed by atoms with Crippen LogP contribution < -0.4 is 10.6 Å². The van der Waals surface area contributed by atoms with Crippen molar-refractivity contribution < 1.29 is 4.74 Å². The van der Waals surface area contributed by atoms with Crippen LogP contribution in [-0.4, -0.2) is 71.1 Å². The number of benzene rings is 1. The maximum absolute atomic E-state index is 5.71. The molecule has 8 heteroatoms. The highest BCUT2D eigenvalue weighted by Gasteiger charge is 2.29. The summed E-state index contributed by atoms with van der Waals surface area (Å²) in [5, 5.41) is 5.74. The van der Waals surface area contributed by atoms with Crippen molar-refractivity contribution >= 4 is 16.9 Å². The van der Waals surface area contributed by atoms with Crippen molar-refractivity contribution in [2.75, 3.05) is 45.3 Å². The second-order valence-corrected chi connectivity index (χ2v) is 9.11. The molecule has 5 rings (SSSR count). The number of hydrogen-bond acceptors (Lipinski definition) is 7. The van der Waals surface area contributed by atoms with Crippen molar-refractivity contribution in [2.45, 2.75) is 44.3 Å². The molecule has 2 fully saturated rings. The fourth-order valence-electron chi connectivity index (χ4n) is 4.56. The first-order valence-corrected chi connectivity index (χ1v) is 11.7. The molecule has 0 bridgehead atoms. The van der Waals surface area contributed by atoms with E-state index >= 15 is 0 Å². The second-order valence-electron chi connectivity index (χ2n) is 9.11. The maximum atomic E-state index is 5.71. The normalized spacial score (nSPS) is 17.4. The summed E-state index contributed by atoms with van der Waals surface area (Å²) in [6.07, 6.45) is 6.31. The lowest BCUT2D eigenvalue weighted by Crippen LogP contribution is -2.37. The van der Waals surface area contributed by atoms with E-state index in [1.165, 1.54) is 18.4 Å².